The van der Waals surface area contributed by atoms with Gasteiger partial charge in [-0.05, 0) is 39.7 Å². The summed E-state index contributed by atoms with van der Waals surface area (Å²) in [6.07, 6.45) is 1.39. The third-order valence-corrected chi connectivity index (χ3v) is 4.17. The molecule has 0 radical (unpaired) electrons. The average Bonchev–Trinajstić information content (AvgIpc) is 2.60. The van der Waals surface area contributed by atoms with E-state index >= 15 is 0 Å². The molecule has 0 spiro atoms. The molecule has 1 saturated heterocycles. The predicted molar refractivity (Wildman–Crippen MR) is 95.4 cm³/mol. The van der Waals surface area contributed by atoms with Crippen molar-refractivity contribution in [1.29, 1.82) is 0 Å². The Balaban J connectivity index is 1.83. The molecule has 1 aliphatic rings. The minimum atomic E-state index is -0.151. The summed E-state index contributed by atoms with van der Waals surface area (Å²) in [5, 5.41) is 2.94. The van der Waals surface area contributed by atoms with Crippen LogP contribution >= 0.6 is 0 Å². The molecule has 2 rings (SSSR count). The molecule has 0 saturated carbocycles. The first-order valence-electron chi connectivity index (χ1n) is 8.95. The normalized spacial score (nSPS) is 15.1. The fourth-order valence-electron chi connectivity index (χ4n) is 2.88. The molecule has 1 aliphatic heterocycles. The second-order valence-corrected chi connectivity index (χ2v) is 6.45. The highest BCUT2D eigenvalue weighted by molar-refractivity contribution is 5.76. The topological polar surface area (TPSA) is 67.9 Å². The second kappa shape index (κ2) is 9.30. The summed E-state index contributed by atoms with van der Waals surface area (Å²) < 4.78 is 10.8. The zero-order valence-electron chi connectivity index (χ0n) is 15.3. The maximum Gasteiger partial charge on any atom is 0.317 e. The Morgan fingerprint density at radius 3 is 2.56 bits per heavy atom. The van der Waals surface area contributed by atoms with E-state index in [4.69, 9.17) is 9.47 Å². The molecule has 6 nitrogen and oxygen atoms in total. The van der Waals surface area contributed by atoms with Crippen LogP contribution in [0.4, 0.5) is 4.79 Å². The van der Waals surface area contributed by atoms with Crippen molar-refractivity contribution < 1.29 is 19.1 Å². The maximum absolute atomic E-state index is 12.4. The Labute approximate surface area is 149 Å². The number of carbonyl (C=O) groups excluding carboxylic acids is 2. The average molecular weight is 348 g/mol. The summed E-state index contributed by atoms with van der Waals surface area (Å²) in [6, 6.07) is 7.60. The Morgan fingerprint density at radius 2 is 1.92 bits per heavy atom. The van der Waals surface area contributed by atoms with Crippen molar-refractivity contribution in [2.75, 3.05) is 19.7 Å². The van der Waals surface area contributed by atoms with Crippen LogP contribution in [0.2, 0.25) is 0 Å². The van der Waals surface area contributed by atoms with Crippen LogP contribution < -0.4 is 10.1 Å². The number of ether oxygens (including phenoxy) is 2. The number of hydrogen-bond acceptors (Lipinski definition) is 4. The molecule has 138 valence electrons. The number of urea groups is 1. The monoisotopic (exact) mass is 348 g/mol. The van der Waals surface area contributed by atoms with Crippen LogP contribution in [0.25, 0.3) is 0 Å². The fraction of sp³-hybridized carbons (Fsp3) is 0.579. The maximum atomic E-state index is 12.4. The van der Waals surface area contributed by atoms with Gasteiger partial charge in [0.1, 0.15) is 5.75 Å². The smallest absolute Gasteiger partial charge is 0.317 e. The van der Waals surface area contributed by atoms with Crippen molar-refractivity contribution in [3.63, 3.8) is 0 Å². The summed E-state index contributed by atoms with van der Waals surface area (Å²) in [7, 11) is 0. The van der Waals surface area contributed by atoms with Crippen LogP contribution in [0, 0.1) is 5.92 Å². The van der Waals surface area contributed by atoms with Crippen molar-refractivity contribution in [3.8, 4) is 5.75 Å². The highest BCUT2D eigenvalue weighted by Crippen LogP contribution is 2.21. The lowest BCUT2D eigenvalue weighted by Gasteiger charge is -2.31. The van der Waals surface area contributed by atoms with Gasteiger partial charge in [0.05, 0.1) is 18.6 Å². The van der Waals surface area contributed by atoms with Gasteiger partial charge in [-0.15, -0.1) is 0 Å². The number of likely N-dealkylation sites (tertiary alicyclic amines) is 1. The van der Waals surface area contributed by atoms with Crippen LogP contribution in [-0.2, 0) is 16.1 Å². The van der Waals surface area contributed by atoms with E-state index in [2.05, 4.69) is 5.32 Å². The van der Waals surface area contributed by atoms with Crippen molar-refractivity contribution in [1.82, 2.24) is 10.2 Å². The van der Waals surface area contributed by atoms with Gasteiger partial charge in [0, 0.05) is 25.2 Å². The highest BCUT2D eigenvalue weighted by atomic mass is 16.5. The van der Waals surface area contributed by atoms with Crippen LogP contribution in [0.5, 0.6) is 5.75 Å². The van der Waals surface area contributed by atoms with Crippen LogP contribution in [0.15, 0.2) is 24.3 Å². The van der Waals surface area contributed by atoms with Gasteiger partial charge in [-0.25, -0.2) is 4.79 Å². The summed E-state index contributed by atoms with van der Waals surface area (Å²) >= 11 is 0. The number of para-hydroxylation sites is 1. The molecular weight excluding hydrogens is 320 g/mol. The molecule has 6 heteroatoms. The van der Waals surface area contributed by atoms with E-state index in [-0.39, 0.29) is 24.0 Å². The van der Waals surface area contributed by atoms with Crippen molar-refractivity contribution in [2.45, 2.75) is 46.3 Å². The summed E-state index contributed by atoms with van der Waals surface area (Å²) in [5.41, 5.74) is 0.950. The first-order chi connectivity index (χ1) is 12.0. The SMILES string of the molecule is CCOC(=O)C1CCN(C(=O)NCc2ccccc2OC(C)C)CC1. The molecule has 0 aliphatic carbocycles. The minimum absolute atomic E-state index is 0.0822. The standard InChI is InChI=1S/C19H28N2O4/c1-4-24-18(22)15-9-11-21(12-10-15)19(23)20-13-16-7-5-6-8-17(16)25-14(2)3/h5-8,14-15H,4,9-13H2,1-3H3,(H,20,23). The van der Waals surface area contributed by atoms with Gasteiger partial charge in [0.15, 0.2) is 0 Å². The van der Waals surface area contributed by atoms with Gasteiger partial charge in [0.2, 0.25) is 0 Å². The zero-order chi connectivity index (χ0) is 18.2. The molecule has 0 aromatic heterocycles. The summed E-state index contributed by atoms with van der Waals surface area (Å²) in [4.78, 5) is 25.9. The number of benzene rings is 1. The Hall–Kier alpha value is -2.24. The molecule has 25 heavy (non-hydrogen) atoms. The first kappa shape index (κ1) is 19.1. The van der Waals surface area contributed by atoms with Crippen LogP contribution in [0.1, 0.15) is 39.2 Å². The number of esters is 1. The lowest BCUT2D eigenvalue weighted by Crippen LogP contribution is -2.45. The lowest BCUT2D eigenvalue weighted by molar-refractivity contribution is -0.149. The van der Waals surface area contributed by atoms with Gasteiger partial charge in [-0.2, -0.15) is 0 Å². The summed E-state index contributed by atoms with van der Waals surface area (Å²) in [6.45, 7) is 7.71. The molecule has 0 atom stereocenters. The fourth-order valence-corrected chi connectivity index (χ4v) is 2.88. The van der Waals surface area contributed by atoms with Gasteiger partial charge in [-0.3, -0.25) is 4.79 Å². The van der Waals surface area contributed by atoms with E-state index in [1.165, 1.54) is 0 Å². The van der Waals surface area contributed by atoms with Crippen molar-refractivity contribution >= 4 is 12.0 Å². The van der Waals surface area contributed by atoms with Crippen LogP contribution in [0.3, 0.4) is 0 Å². The van der Waals surface area contributed by atoms with Gasteiger partial charge in [0.25, 0.3) is 0 Å². The third-order valence-electron chi connectivity index (χ3n) is 4.17. The van der Waals surface area contributed by atoms with Crippen molar-refractivity contribution in [2.24, 2.45) is 5.92 Å². The van der Waals surface area contributed by atoms with Crippen LogP contribution in [-0.4, -0.2) is 42.7 Å². The number of nitrogens with one attached hydrogen (secondary N) is 1. The van der Waals surface area contributed by atoms with E-state index in [1.807, 2.05) is 38.1 Å². The number of hydrogen-bond donors (Lipinski definition) is 1. The van der Waals surface area contributed by atoms with Crippen molar-refractivity contribution in [3.05, 3.63) is 29.8 Å². The molecule has 1 aromatic carbocycles. The van der Waals surface area contributed by atoms with E-state index in [0.29, 0.717) is 39.1 Å². The number of rotatable bonds is 6. The van der Waals surface area contributed by atoms with E-state index in [1.54, 1.807) is 11.8 Å². The Bertz CT molecular complexity index is 581. The number of amides is 2. The van der Waals surface area contributed by atoms with E-state index in [0.717, 1.165) is 11.3 Å². The number of nitrogens with zero attached hydrogens (tertiary/aromatic N) is 1. The Morgan fingerprint density at radius 1 is 1.24 bits per heavy atom. The summed E-state index contributed by atoms with van der Waals surface area (Å²) in [5.74, 6) is 0.547. The highest BCUT2D eigenvalue weighted by Gasteiger charge is 2.28. The molecule has 1 aromatic rings. The largest absolute Gasteiger partial charge is 0.491 e. The van der Waals surface area contributed by atoms with Gasteiger partial charge >= 0.3 is 12.0 Å². The van der Waals surface area contributed by atoms with Gasteiger partial charge < -0.3 is 19.7 Å². The predicted octanol–water partition coefficient (Wildman–Crippen LogP) is 2.96. The van der Waals surface area contributed by atoms with Gasteiger partial charge in [-0.1, -0.05) is 18.2 Å². The molecular formula is C19H28N2O4. The second-order valence-electron chi connectivity index (χ2n) is 6.45. The zero-order valence-corrected chi connectivity index (χ0v) is 15.3. The lowest BCUT2D eigenvalue weighted by atomic mass is 9.97. The quantitative estimate of drug-likeness (QED) is 0.803. The molecule has 1 fully saturated rings. The Kier molecular flexibility index (Phi) is 7.10. The molecule has 0 unspecified atom stereocenters. The molecule has 1 N–H and O–H groups in total. The molecule has 2 amide bonds. The third kappa shape index (κ3) is 5.66. The minimum Gasteiger partial charge on any atom is -0.491 e. The molecule has 0 bridgehead atoms. The number of carbonyl (C=O) groups is 2. The number of piperidine rings is 1. The van der Waals surface area contributed by atoms with E-state index < -0.39 is 0 Å². The first-order valence-corrected chi connectivity index (χ1v) is 8.95. The molecule has 1 heterocycles. The van der Waals surface area contributed by atoms with E-state index in [9.17, 15) is 9.59 Å².